The van der Waals surface area contributed by atoms with Crippen LogP contribution in [0.4, 0.5) is 5.69 Å². The predicted octanol–water partition coefficient (Wildman–Crippen LogP) is 2.37. The van der Waals surface area contributed by atoms with Crippen molar-refractivity contribution in [1.82, 2.24) is 0 Å². The largest absolute Gasteiger partial charge is 0.465 e. The molecule has 4 nitrogen and oxygen atoms in total. The molecule has 2 rings (SSSR count). The van der Waals surface area contributed by atoms with Gasteiger partial charge in [-0.25, -0.2) is 4.79 Å². The normalized spacial score (nSPS) is 22.8. The Morgan fingerprint density at radius 3 is 2.89 bits per heavy atom. The number of methoxy groups -OCH3 is 1. The molecule has 1 N–H and O–H groups in total. The molecule has 0 saturated carbocycles. The van der Waals surface area contributed by atoms with Crippen molar-refractivity contribution >= 4 is 11.7 Å². The number of anilines is 1. The fourth-order valence-electron chi connectivity index (χ4n) is 2.18. The van der Waals surface area contributed by atoms with Crippen molar-refractivity contribution in [1.29, 1.82) is 0 Å². The van der Waals surface area contributed by atoms with E-state index in [4.69, 9.17) is 9.47 Å². The van der Waals surface area contributed by atoms with Crippen LogP contribution in [0.1, 0.15) is 29.3 Å². The number of hydrogen-bond acceptors (Lipinski definition) is 4. The third kappa shape index (κ3) is 2.64. The maximum absolute atomic E-state index is 11.7. The van der Waals surface area contributed by atoms with Crippen molar-refractivity contribution in [2.75, 3.05) is 19.0 Å². The summed E-state index contributed by atoms with van der Waals surface area (Å²) in [6, 6.07) is 5.99. The second kappa shape index (κ2) is 5.40. The lowest BCUT2D eigenvalue weighted by atomic mass is 10.1. The molecule has 0 radical (unpaired) electrons. The topological polar surface area (TPSA) is 47.6 Å². The summed E-state index contributed by atoms with van der Waals surface area (Å²) in [5, 5.41) is 3.38. The summed E-state index contributed by atoms with van der Waals surface area (Å²) < 4.78 is 10.3. The van der Waals surface area contributed by atoms with Crippen molar-refractivity contribution in [3.63, 3.8) is 0 Å². The van der Waals surface area contributed by atoms with E-state index in [1.165, 1.54) is 7.11 Å². The molecular formula is C14H19NO3. The highest BCUT2D eigenvalue weighted by Gasteiger charge is 2.25. The Balaban J connectivity index is 2.23. The summed E-state index contributed by atoms with van der Waals surface area (Å²) in [6.45, 7) is 4.76. The number of ether oxygens (including phenoxy) is 2. The molecular weight excluding hydrogens is 230 g/mol. The first-order valence-corrected chi connectivity index (χ1v) is 6.19. The van der Waals surface area contributed by atoms with Gasteiger partial charge in [0.1, 0.15) is 0 Å². The first-order chi connectivity index (χ1) is 8.61. The van der Waals surface area contributed by atoms with Gasteiger partial charge in [-0.1, -0.05) is 11.6 Å². The summed E-state index contributed by atoms with van der Waals surface area (Å²) in [4.78, 5) is 11.7. The molecule has 1 aromatic rings. The zero-order valence-corrected chi connectivity index (χ0v) is 11.0. The van der Waals surface area contributed by atoms with Gasteiger partial charge in [-0.2, -0.15) is 0 Å². The second-order valence-electron chi connectivity index (χ2n) is 4.66. The van der Waals surface area contributed by atoms with Gasteiger partial charge in [-0.05, 0) is 32.4 Å². The van der Waals surface area contributed by atoms with E-state index >= 15 is 0 Å². The Morgan fingerprint density at radius 2 is 2.28 bits per heavy atom. The number of aryl methyl sites for hydroxylation is 1. The fraction of sp³-hybridized carbons (Fsp3) is 0.500. The smallest absolute Gasteiger partial charge is 0.339 e. The monoisotopic (exact) mass is 249 g/mol. The Labute approximate surface area is 107 Å². The van der Waals surface area contributed by atoms with Gasteiger partial charge in [-0.3, -0.25) is 0 Å². The van der Waals surface area contributed by atoms with E-state index in [-0.39, 0.29) is 18.1 Å². The van der Waals surface area contributed by atoms with Crippen molar-refractivity contribution in [3.8, 4) is 0 Å². The van der Waals surface area contributed by atoms with Crippen LogP contribution in [-0.2, 0) is 9.47 Å². The third-order valence-electron chi connectivity index (χ3n) is 3.30. The van der Waals surface area contributed by atoms with Crippen LogP contribution < -0.4 is 5.32 Å². The molecule has 0 aliphatic carbocycles. The quantitative estimate of drug-likeness (QED) is 0.835. The minimum atomic E-state index is -0.312. The van der Waals surface area contributed by atoms with Crippen molar-refractivity contribution in [2.24, 2.45) is 0 Å². The number of carbonyl (C=O) groups is 1. The summed E-state index contributed by atoms with van der Waals surface area (Å²) in [7, 11) is 1.40. The van der Waals surface area contributed by atoms with Crippen LogP contribution in [0.3, 0.4) is 0 Å². The average Bonchev–Trinajstić information content (AvgIpc) is 2.76. The van der Waals surface area contributed by atoms with Crippen LogP contribution in [0.5, 0.6) is 0 Å². The lowest BCUT2D eigenvalue weighted by molar-refractivity contribution is 0.0601. The van der Waals surface area contributed by atoms with Gasteiger partial charge in [0.15, 0.2) is 0 Å². The van der Waals surface area contributed by atoms with Gasteiger partial charge in [0.25, 0.3) is 0 Å². The summed E-state index contributed by atoms with van der Waals surface area (Å²) in [5.41, 5.74) is 2.43. The third-order valence-corrected chi connectivity index (χ3v) is 3.30. The number of hydrogen-bond donors (Lipinski definition) is 1. The van der Waals surface area contributed by atoms with E-state index in [1.807, 2.05) is 32.0 Å². The molecule has 98 valence electrons. The minimum Gasteiger partial charge on any atom is -0.465 e. The summed E-state index contributed by atoms with van der Waals surface area (Å²) >= 11 is 0. The van der Waals surface area contributed by atoms with E-state index in [1.54, 1.807) is 0 Å². The van der Waals surface area contributed by atoms with Gasteiger partial charge >= 0.3 is 5.97 Å². The first kappa shape index (κ1) is 12.9. The Kier molecular flexibility index (Phi) is 3.87. The highest BCUT2D eigenvalue weighted by molar-refractivity contribution is 5.95. The molecule has 1 fully saturated rings. The van der Waals surface area contributed by atoms with E-state index in [9.17, 15) is 4.79 Å². The minimum absolute atomic E-state index is 0.164. The summed E-state index contributed by atoms with van der Waals surface area (Å²) in [5.74, 6) is -0.312. The molecule has 1 aliphatic rings. The molecule has 1 aromatic carbocycles. The van der Waals surface area contributed by atoms with Crippen molar-refractivity contribution in [3.05, 3.63) is 29.3 Å². The van der Waals surface area contributed by atoms with Gasteiger partial charge in [0, 0.05) is 12.3 Å². The molecule has 0 bridgehead atoms. The number of benzene rings is 1. The zero-order valence-electron chi connectivity index (χ0n) is 11.0. The molecule has 0 amide bonds. The van der Waals surface area contributed by atoms with Gasteiger partial charge in [0.05, 0.1) is 24.8 Å². The molecule has 1 aliphatic heterocycles. The van der Waals surface area contributed by atoms with Gasteiger partial charge < -0.3 is 14.8 Å². The number of esters is 1. The van der Waals surface area contributed by atoms with E-state index in [2.05, 4.69) is 5.32 Å². The van der Waals surface area contributed by atoms with Crippen LogP contribution in [-0.4, -0.2) is 31.8 Å². The maximum atomic E-state index is 11.7. The van der Waals surface area contributed by atoms with Crippen LogP contribution in [0.15, 0.2) is 18.2 Å². The Hall–Kier alpha value is -1.55. The van der Waals surface area contributed by atoms with Crippen molar-refractivity contribution in [2.45, 2.75) is 32.4 Å². The molecule has 0 spiro atoms. The SMILES string of the molecule is COC(=O)c1cc(C)ccc1NC1CCOC1C. The van der Waals surface area contributed by atoms with Crippen molar-refractivity contribution < 1.29 is 14.3 Å². The predicted molar refractivity (Wildman–Crippen MR) is 70.0 cm³/mol. The van der Waals surface area contributed by atoms with E-state index in [0.717, 1.165) is 24.3 Å². The molecule has 1 saturated heterocycles. The number of nitrogens with one attached hydrogen (secondary N) is 1. The van der Waals surface area contributed by atoms with Crippen LogP contribution in [0, 0.1) is 6.92 Å². The standard InChI is InChI=1S/C14H19NO3/c1-9-4-5-13(11(8-9)14(16)17-3)15-12-6-7-18-10(12)2/h4-5,8,10,12,15H,6-7H2,1-3H3. The maximum Gasteiger partial charge on any atom is 0.339 e. The Morgan fingerprint density at radius 1 is 1.50 bits per heavy atom. The van der Waals surface area contributed by atoms with E-state index in [0.29, 0.717) is 5.56 Å². The van der Waals surface area contributed by atoms with Crippen LogP contribution >= 0.6 is 0 Å². The zero-order chi connectivity index (χ0) is 13.1. The Bertz CT molecular complexity index is 445. The second-order valence-corrected chi connectivity index (χ2v) is 4.66. The highest BCUT2D eigenvalue weighted by Crippen LogP contribution is 2.23. The fourth-order valence-corrected chi connectivity index (χ4v) is 2.18. The first-order valence-electron chi connectivity index (χ1n) is 6.19. The number of carbonyl (C=O) groups excluding carboxylic acids is 1. The van der Waals surface area contributed by atoms with Crippen LogP contribution in [0.2, 0.25) is 0 Å². The lowest BCUT2D eigenvalue weighted by Gasteiger charge is -2.19. The molecule has 18 heavy (non-hydrogen) atoms. The molecule has 2 atom stereocenters. The molecule has 2 unspecified atom stereocenters. The highest BCUT2D eigenvalue weighted by atomic mass is 16.5. The molecule has 1 heterocycles. The van der Waals surface area contributed by atoms with E-state index < -0.39 is 0 Å². The van der Waals surface area contributed by atoms with Gasteiger partial charge in [0.2, 0.25) is 0 Å². The lowest BCUT2D eigenvalue weighted by Crippen LogP contribution is -2.27. The molecule has 4 heteroatoms. The average molecular weight is 249 g/mol. The van der Waals surface area contributed by atoms with Crippen LogP contribution in [0.25, 0.3) is 0 Å². The summed E-state index contributed by atoms with van der Waals surface area (Å²) in [6.07, 6.45) is 1.12. The molecule has 0 aromatic heterocycles. The number of rotatable bonds is 3. The van der Waals surface area contributed by atoms with Gasteiger partial charge in [-0.15, -0.1) is 0 Å².